The molecule has 0 spiro atoms. The van der Waals surface area contributed by atoms with E-state index in [-0.39, 0.29) is 0 Å². The Morgan fingerprint density at radius 3 is 2.81 bits per heavy atom. The summed E-state index contributed by atoms with van der Waals surface area (Å²) in [5, 5.41) is 10.3. The highest BCUT2D eigenvalue weighted by Crippen LogP contribution is 2.37. The lowest BCUT2D eigenvalue weighted by Gasteiger charge is -2.31. The third-order valence-corrected chi connectivity index (χ3v) is 4.45. The first kappa shape index (κ1) is 13.9. The second-order valence-corrected chi connectivity index (χ2v) is 5.42. The summed E-state index contributed by atoms with van der Waals surface area (Å²) in [4.78, 5) is 2.38. The smallest absolute Gasteiger partial charge is 0.0797 e. The minimum absolute atomic E-state index is 0.406. The summed E-state index contributed by atoms with van der Waals surface area (Å²) in [6, 6.07) is 0.632. The fraction of sp³-hybridized carbons (Fsp3) is 1.00. The van der Waals surface area contributed by atoms with Crippen LogP contribution in [0.4, 0.5) is 0 Å². The molecule has 0 amide bonds. The first-order chi connectivity index (χ1) is 7.53. The Labute approximate surface area is 100 Å². The van der Waals surface area contributed by atoms with Crippen molar-refractivity contribution in [3.05, 3.63) is 0 Å². The topological polar surface area (TPSA) is 49.5 Å². The van der Waals surface area contributed by atoms with Gasteiger partial charge in [-0.3, -0.25) is 0 Å². The van der Waals surface area contributed by atoms with Crippen molar-refractivity contribution in [2.24, 2.45) is 11.7 Å². The van der Waals surface area contributed by atoms with E-state index in [0.717, 1.165) is 32.2 Å². The van der Waals surface area contributed by atoms with Gasteiger partial charge in [-0.05, 0) is 52.1 Å². The number of hydrogen-bond donors (Lipinski definition) is 2. The van der Waals surface area contributed by atoms with Crippen molar-refractivity contribution >= 4 is 0 Å². The normalized spacial score (nSPS) is 32.2. The number of aliphatic hydroxyl groups is 1. The number of rotatable bonds is 6. The Bertz CT molecular complexity index is 210. The summed E-state index contributed by atoms with van der Waals surface area (Å²) < 4.78 is 0. The predicted octanol–water partition coefficient (Wildman–Crippen LogP) is 1.60. The van der Waals surface area contributed by atoms with Crippen LogP contribution in [0.2, 0.25) is 0 Å². The molecule has 1 fully saturated rings. The standard InChI is InChI=1S/C13H28N2O/c1-4-11(2)15(3)9-7-12-6-5-8-13(12,16)10-14/h11-12,16H,4-10,14H2,1-3H3. The van der Waals surface area contributed by atoms with Crippen molar-refractivity contribution in [3.8, 4) is 0 Å². The van der Waals surface area contributed by atoms with Gasteiger partial charge < -0.3 is 15.7 Å². The minimum atomic E-state index is -0.573. The third kappa shape index (κ3) is 3.19. The fourth-order valence-electron chi connectivity index (χ4n) is 2.70. The lowest BCUT2D eigenvalue weighted by molar-refractivity contribution is 0.00426. The van der Waals surface area contributed by atoms with Gasteiger partial charge in [-0.1, -0.05) is 13.3 Å². The van der Waals surface area contributed by atoms with Gasteiger partial charge in [0, 0.05) is 12.6 Å². The zero-order valence-corrected chi connectivity index (χ0v) is 11.1. The molecule has 3 heteroatoms. The summed E-state index contributed by atoms with van der Waals surface area (Å²) in [6.07, 6.45) is 5.42. The van der Waals surface area contributed by atoms with E-state index in [1.54, 1.807) is 0 Å². The van der Waals surface area contributed by atoms with Crippen molar-refractivity contribution in [2.45, 2.75) is 57.6 Å². The third-order valence-electron chi connectivity index (χ3n) is 4.45. The van der Waals surface area contributed by atoms with Gasteiger partial charge in [-0.25, -0.2) is 0 Å². The van der Waals surface area contributed by atoms with Crippen LogP contribution in [0.3, 0.4) is 0 Å². The van der Waals surface area contributed by atoms with E-state index in [1.807, 2.05) is 0 Å². The Balaban J connectivity index is 2.37. The van der Waals surface area contributed by atoms with E-state index in [0.29, 0.717) is 18.5 Å². The molecule has 0 aromatic carbocycles. The van der Waals surface area contributed by atoms with Crippen molar-refractivity contribution in [3.63, 3.8) is 0 Å². The molecule has 0 aromatic rings. The Hall–Kier alpha value is -0.120. The van der Waals surface area contributed by atoms with Crippen molar-refractivity contribution < 1.29 is 5.11 Å². The number of nitrogens with zero attached hydrogens (tertiary/aromatic N) is 1. The summed E-state index contributed by atoms with van der Waals surface area (Å²) >= 11 is 0. The molecule has 0 heterocycles. The maximum absolute atomic E-state index is 10.3. The van der Waals surface area contributed by atoms with Crippen LogP contribution >= 0.6 is 0 Å². The molecular formula is C13H28N2O. The van der Waals surface area contributed by atoms with Crippen LogP contribution in [0.25, 0.3) is 0 Å². The second-order valence-electron chi connectivity index (χ2n) is 5.42. The molecule has 3 nitrogen and oxygen atoms in total. The Kier molecular flexibility index (Phi) is 5.22. The van der Waals surface area contributed by atoms with Crippen LogP contribution in [0.5, 0.6) is 0 Å². The SMILES string of the molecule is CCC(C)N(C)CCC1CCCC1(O)CN. The van der Waals surface area contributed by atoms with Crippen LogP contribution in [-0.4, -0.2) is 41.8 Å². The first-order valence-electron chi connectivity index (χ1n) is 6.66. The summed E-state index contributed by atoms with van der Waals surface area (Å²) in [6.45, 7) is 5.96. The molecule has 1 aliphatic rings. The molecule has 0 bridgehead atoms. The van der Waals surface area contributed by atoms with Crippen LogP contribution in [-0.2, 0) is 0 Å². The summed E-state index contributed by atoms with van der Waals surface area (Å²) in [5.41, 5.74) is 5.11. The van der Waals surface area contributed by atoms with E-state index in [4.69, 9.17) is 5.73 Å². The van der Waals surface area contributed by atoms with Gasteiger partial charge in [-0.15, -0.1) is 0 Å². The van der Waals surface area contributed by atoms with Crippen LogP contribution in [0, 0.1) is 5.92 Å². The predicted molar refractivity (Wildman–Crippen MR) is 68.3 cm³/mol. The molecule has 0 saturated heterocycles. The van der Waals surface area contributed by atoms with Gasteiger partial charge >= 0.3 is 0 Å². The molecule has 0 aliphatic heterocycles. The number of hydrogen-bond acceptors (Lipinski definition) is 3. The Morgan fingerprint density at radius 2 is 2.25 bits per heavy atom. The minimum Gasteiger partial charge on any atom is -0.388 e. The molecule has 0 radical (unpaired) electrons. The zero-order chi connectivity index (χ0) is 12.2. The monoisotopic (exact) mass is 228 g/mol. The van der Waals surface area contributed by atoms with Crippen molar-refractivity contribution in [1.82, 2.24) is 4.90 Å². The summed E-state index contributed by atoms with van der Waals surface area (Å²) in [5.74, 6) is 0.406. The first-order valence-corrected chi connectivity index (χ1v) is 6.66. The van der Waals surface area contributed by atoms with Gasteiger partial charge in [0.25, 0.3) is 0 Å². The highest BCUT2D eigenvalue weighted by molar-refractivity contribution is 4.93. The maximum Gasteiger partial charge on any atom is 0.0797 e. The van der Waals surface area contributed by atoms with E-state index in [9.17, 15) is 5.11 Å². The number of nitrogens with two attached hydrogens (primary N) is 1. The summed E-state index contributed by atoms with van der Waals surface area (Å²) in [7, 11) is 2.17. The van der Waals surface area contributed by atoms with E-state index in [2.05, 4.69) is 25.8 Å². The lowest BCUT2D eigenvalue weighted by atomic mass is 9.88. The molecule has 0 aromatic heterocycles. The molecule has 3 N–H and O–H groups in total. The van der Waals surface area contributed by atoms with Gasteiger partial charge in [0.2, 0.25) is 0 Å². The molecule has 16 heavy (non-hydrogen) atoms. The van der Waals surface area contributed by atoms with Crippen molar-refractivity contribution in [1.29, 1.82) is 0 Å². The molecule has 96 valence electrons. The Morgan fingerprint density at radius 1 is 1.56 bits per heavy atom. The zero-order valence-electron chi connectivity index (χ0n) is 11.1. The molecule has 3 atom stereocenters. The van der Waals surface area contributed by atoms with Crippen molar-refractivity contribution in [2.75, 3.05) is 20.1 Å². The lowest BCUT2D eigenvalue weighted by Crippen LogP contribution is -2.42. The molecular weight excluding hydrogens is 200 g/mol. The van der Waals surface area contributed by atoms with Crippen LogP contribution in [0.1, 0.15) is 46.0 Å². The highest BCUT2D eigenvalue weighted by atomic mass is 16.3. The van der Waals surface area contributed by atoms with Gasteiger partial charge in [0.05, 0.1) is 5.60 Å². The average Bonchev–Trinajstić information content (AvgIpc) is 2.67. The molecule has 1 saturated carbocycles. The van der Waals surface area contributed by atoms with E-state index >= 15 is 0 Å². The van der Waals surface area contributed by atoms with E-state index < -0.39 is 5.60 Å². The molecule has 1 aliphatic carbocycles. The average molecular weight is 228 g/mol. The van der Waals surface area contributed by atoms with E-state index in [1.165, 1.54) is 6.42 Å². The molecule has 3 unspecified atom stereocenters. The van der Waals surface area contributed by atoms with Gasteiger partial charge in [0.15, 0.2) is 0 Å². The van der Waals surface area contributed by atoms with Crippen LogP contribution in [0.15, 0.2) is 0 Å². The quantitative estimate of drug-likeness (QED) is 0.726. The largest absolute Gasteiger partial charge is 0.388 e. The fourth-order valence-corrected chi connectivity index (χ4v) is 2.70. The van der Waals surface area contributed by atoms with Crippen LogP contribution < -0.4 is 5.73 Å². The highest BCUT2D eigenvalue weighted by Gasteiger charge is 2.39. The van der Waals surface area contributed by atoms with Gasteiger partial charge in [0.1, 0.15) is 0 Å². The molecule has 1 rings (SSSR count). The van der Waals surface area contributed by atoms with Gasteiger partial charge in [-0.2, -0.15) is 0 Å². The second kappa shape index (κ2) is 5.99. The maximum atomic E-state index is 10.3.